The number of anilines is 3. The number of aryl methyl sites for hydroxylation is 2. The summed E-state index contributed by atoms with van der Waals surface area (Å²) in [7, 11) is 0. The third-order valence-electron chi connectivity index (χ3n) is 6.77. The van der Waals surface area contributed by atoms with Crippen molar-refractivity contribution >= 4 is 34.8 Å². The molecular weight excluding hydrogens is 514 g/mol. The summed E-state index contributed by atoms with van der Waals surface area (Å²) in [6.07, 6.45) is 5.40. The molecule has 0 bridgehead atoms. The minimum atomic E-state index is 0.0340. The molecule has 3 heterocycles. The molecule has 9 nitrogen and oxygen atoms in total. The van der Waals surface area contributed by atoms with Crippen LogP contribution in [-0.2, 0) is 11.2 Å². The minimum absolute atomic E-state index is 0.0340. The highest BCUT2D eigenvalue weighted by Gasteiger charge is 2.14. The Morgan fingerprint density at radius 1 is 1.03 bits per heavy atom. The van der Waals surface area contributed by atoms with Gasteiger partial charge >= 0.3 is 0 Å². The van der Waals surface area contributed by atoms with E-state index in [2.05, 4.69) is 30.5 Å². The molecule has 5 rings (SSSR count). The Labute approximate surface area is 233 Å². The zero-order valence-electron chi connectivity index (χ0n) is 22.2. The van der Waals surface area contributed by atoms with Crippen LogP contribution in [0.2, 0.25) is 5.02 Å². The lowest BCUT2D eigenvalue weighted by atomic mass is 10.00. The summed E-state index contributed by atoms with van der Waals surface area (Å²) in [5.41, 5.74) is 4.32. The van der Waals surface area contributed by atoms with Gasteiger partial charge in [-0.25, -0.2) is 15.0 Å². The van der Waals surface area contributed by atoms with Crippen molar-refractivity contribution in [2.24, 2.45) is 0 Å². The van der Waals surface area contributed by atoms with Crippen molar-refractivity contribution < 1.29 is 9.53 Å². The Morgan fingerprint density at radius 2 is 1.87 bits per heavy atom. The van der Waals surface area contributed by atoms with Crippen LogP contribution in [0.5, 0.6) is 0 Å². The average molecular weight is 546 g/mol. The number of nitrogens with zero attached hydrogens (tertiary/aromatic N) is 5. The van der Waals surface area contributed by atoms with E-state index in [1.165, 1.54) is 0 Å². The predicted molar refractivity (Wildman–Crippen MR) is 154 cm³/mol. The van der Waals surface area contributed by atoms with Crippen molar-refractivity contribution in [3.63, 3.8) is 0 Å². The zero-order valence-corrected chi connectivity index (χ0v) is 22.9. The number of halogens is 1. The molecule has 2 aromatic carbocycles. The second-order valence-electron chi connectivity index (χ2n) is 9.60. The van der Waals surface area contributed by atoms with Crippen LogP contribution in [-0.4, -0.2) is 69.6 Å². The molecule has 0 atom stereocenters. The summed E-state index contributed by atoms with van der Waals surface area (Å²) >= 11 is 6.14. The fourth-order valence-corrected chi connectivity index (χ4v) is 4.60. The van der Waals surface area contributed by atoms with E-state index in [1.54, 1.807) is 12.5 Å². The quantitative estimate of drug-likeness (QED) is 0.273. The van der Waals surface area contributed by atoms with E-state index in [0.717, 1.165) is 67.6 Å². The number of carbonyl (C=O) groups excluding carboxylic acids is 1. The Morgan fingerprint density at radius 3 is 2.69 bits per heavy atom. The summed E-state index contributed by atoms with van der Waals surface area (Å²) in [5, 5.41) is 7.47. The number of morpholine rings is 1. The maximum Gasteiger partial charge on any atom is 0.213 e. The van der Waals surface area contributed by atoms with E-state index >= 15 is 0 Å². The Balaban J connectivity index is 1.27. The molecule has 0 unspecified atom stereocenters. The van der Waals surface area contributed by atoms with Gasteiger partial charge in [0.25, 0.3) is 0 Å². The smallest absolute Gasteiger partial charge is 0.213 e. The second-order valence-corrected chi connectivity index (χ2v) is 10.0. The summed E-state index contributed by atoms with van der Waals surface area (Å²) in [6.45, 7) is 9.11. The van der Waals surface area contributed by atoms with Crippen LogP contribution >= 0.6 is 11.6 Å². The number of Topliss-reactive ketones (excluding diaryl/α,β-unsaturated/α-hetero) is 1. The van der Waals surface area contributed by atoms with Gasteiger partial charge in [0.2, 0.25) is 5.95 Å². The van der Waals surface area contributed by atoms with Gasteiger partial charge in [0.05, 0.1) is 13.2 Å². The standard InChI is InChI=1S/C29H32ClN7O2/c1-20-3-5-23(26(38)16-22-4-6-24(30)21(2)15-22)17-25(20)35-29-32-8-10-37(29)28-18-27(33-19-34-28)31-7-9-36-11-13-39-14-12-36/h3-6,8,10,15,17-19H,7,9,11-14,16H2,1-2H3,(H,32,35)(H,31,33,34). The van der Waals surface area contributed by atoms with Gasteiger partial charge in [-0.2, -0.15) is 0 Å². The van der Waals surface area contributed by atoms with E-state index in [4.69, 9.17) is 16.3 Å². The lowest BCUT2D eigenvalue weighted by Crippen LogP contribution is -2.39. The molecule has 39 heavy (non-hydrogen) atoms. The maximum absolute atomic E-state index is 13.1. The second kappa shape index (κ2) is 12.4. The first kappa shape index (κ1) is 26.8. The molecule has 0 amide bonds. The SMILES string of the molecule is Cc1cc(CC(=O)c2ccc(C)c(Nc3nccn3-c3cc(NCCN4CCOCC4)ncn3)c2)ccc1Cl. The van der Waals surface area contributed by atoms with Crippen LogP contribution < -0.4 is 10.6 Å². The Hall–Kier alpha value is -3.79. The van der Waals surface area contributed by atoms with Gasteiger partial charge in [-0.1, -0.05) is 35.9 Å². The first-order valence-corrected chi connectivity index (χ1v) is 13.4. The molecule has 2 N–H and O–H groups in total. The molecule has 1 aliphatic heterocycles. The maximum atomic E-state index is 13.1. The molecule has 0 aliphatic carbocycles. The van der Waals surface area contributed by atoms with Crippen molar-refractivity contribution in [2.45, 2.75) is 20.3 Å². The third kappa shape index (κ3) is 6.81. The molecule has 0 saturated carbocycles. The number of hydrogen-bond donors (Lipinski definition) is 2. The first-order valence-electron chi connectivity index (χ1n) is 13.0. The van der Waals surface area contributed by atoms with E-state index in [9.17, 15) is 4.79 Å². The number of benzene rings is 2. The highest BCUT2D eigenvalue weighted by atomic mass is 35.5. The fourth-order valence-electron chi connectivity index (χ4n) is 4.48. The Bertz CT molecular complexity index is 1450. The van der Waals surface area contributed by atoms with Gasteiger partial charge in [0, 0.05) is 67.3 Å². The lowest BCUT2D eigenvalue weighted by Gasteiger charge is -2.26. The van der Waals surface area contributed by atoms with Crippen LogP contribution in [0.1, 0.15) is 27.0 Å². The topological polar surface area (TPSA) is 97.2 Å². The molecule has 0 spiro atoms. The molecule has 1 fully saturated rings. The normalized spacial score (nSPS) is 13.8. The molecule has 1 saturated heterocycles. The number of imidazole rings is 1. The number of nitrogens with one attached hydrogen (secondary N) is 2. The van der Waals surface area contributed by atoms with Crippen molar-refractivity contribution in [1.29, 1.82) is 0 Å². The number of carbonyl (C=O) groups is 1. The molecule has 0 radical (unpaired) electrons. The summed E-state index contributed by atoms with van der Waals surface area (Å²) in [6, 6.07) is 13.3. The van der Waals surface area contributed by atoms with E-state index in [1.807, 2.05) is 67.1 Å². The number of rotatable bonds is 10. The van der Waals surface area contributed by atoms with Gasteiger partial charge in [-0.05, 0) is 42.7 Å². The summed E-state index contributed by atoms with van der Waals surface area (Å²) in [4.78, 5) is 28.8. The molecule has 202 valence electrons. The van der Waals surface area contributed by atoms with Crippen molar-refractivity contribution in [3.05, 3.63) is 88.5 Å². The van der Waals surface area contributed by atoms with Gasteiger partial charge in [-0.15, -0.1) is 0 Å². The van der Waals surface area contributed by atoms with Crippen molar-refractivity contribution in [3.8, 4) is 5.82 Å². The largest absolute Gasteiger partial charge is 0.379 e. The minimum Gasteiger partial charge on any atom is -0.379 e. The van der Waals surface area contributed by atoms with Gasteiger partial charge < -0.3 is 15.4 Å². The van der Waals surface area contributed by atoms with Crippen LogP contribution in [0.25, 0.3) is 5.82 Å². The van der Waals surface area contributed by atoms with E-state index in [-0.39, 0.29) is 5.78 Å². The molecular formula is C29H32ClN7O2. The van der Waals surface area contributed by atoms with Crippen molar-refractivity contribution in [1.82, 2.24) is 24.4 Å². The highest BCUT2D eigenvalue weighted by molar-refractivity contribution is 6.31. The first-order chi connectivity index (χ1) is 19.0. The van der Waals surface area contributed by atoms with Crippen molar-refractivity contribution in [2.75, 3.05) is 50.0 Å². The molecule has 1 aliphatic rings. The van der Waals surface area contributed by atoms with Crippen LogP contribution in [0.3, 0.4) is 0 Å². The molecule has 2 aromatic heterocycles. The van der Waals surface area contributed by atoms with Gasteiger partial charge in [0.1, 0.15) is 18.0 Å². The fraction of sp³-hybridized carbons (Fsp3) is 0.310. The number of hydrogen-bond acceptors (Lipinski definition) is 8. The summed E-state index contributed by atoms with van der Waals surface area (Å²) in [5.74, 6) is 2.05. The monoisotopic (exact) mass is 545 g/mol. The number of ketones is 1. The average Bonchev–Trinajstić information content (AvgIpc) is 3.41. The van der Waals surface area contributed by atoms with Crippen LogP contribution in [0.15, 0.2) is 61.2 Å². The predicted octanol–water partition coefficient (Wildman–Crippen LogP) is 4.85. The van der Waals surface area contributed by atoms with Gasteiger partial charge in [0.15, 0.2) is 5.78 Å². The number of ether oxygens (including phenoxy) is 1. The lowest BCUT2D eigenvalue weighted by molar-refractivity contribution is 0.0398. The third-order valence-corrected chi connectivity index (χ3v) is 7.20. The highest BCUT2D eigenvalue weighted by Crippen LogP contribution is 2.24. The number of aromatic nitrogens is 4. The van der Waals surface area contributed by atoms with E-state index in [0.29, 0.717) is 28.8 Å². The molecule has 10 heteroatoms. The van der Waals surface area contributed by atoms with Crippen LogP contribution in [0, 0.1) is 13.8 Å². The Kier molecular flexibility index (Phi) is 8.51. The van der Waals surface area contributed by atoms with E-state index < -0.39 is 0 Å². The van der Waals surface area contributed by atoms with Gasteiger partial charge in [-0.3, -0.25) is 14.3 Å². The van der Waals surface area contributed by atoms with Crippen LogP contribution in [0.4, 0.5) is 17.5 Å². The molecule has 4 aromatic rings. The summed E-state index contributed by atoms with van der Waals surface area (Å²) < 4.78 is 7.27. The zero-order chi connectivity index (χ0) is 27.2.